The van der Waals surface area contributed by atoms with Gasteiger partial charge in [-0.25, -0.2) is 9.78 Å². The fraction of sp³-hybridized carbons (Fsp3) is 0.542. The molecular weight excluding hydrogens is 396 g/mol. The molecule has 0 saturated heterocycles. The summed E-state index contributed by atoms with van der Waals surface area (Å²) >= 11 is 0. The summed E-state index contributed by atoms with van der Waals surface area (Å²) in [5.41, 5.74) is 2.58. The number of carbonyl (C=O) groups is 1. The molecule has 0 spiro atoms. The average Bonchev–Trinajstić information content (AvgIpc) is 3.54. The predicted octanol–water partition coefficient (Wildman–Crippen LogP) is 4.04. The number of methoxy groups -OCH3 is 1. The summed E-state index contributed by atoms with van der Waals surface area (Å²) in [5, 5.41) is 9.48. The number of carboxylic acids is 1. The highest BCUT2D eigenvalue weighted by Gasteiger charge is 2.36. The van der Waals surface area contributed by atoms with E-state index in [-0.39, 0.29) is 17.0 Å². The first-order valence-corrected chi connectivity index (χ1v) is 10.9. The molecule has 0 amide bonds. The summed E-state index contributed by atoms with van der Waals surface area (Å²) in [7, 11) is 1.68. The fourth-order valence-electron chi connectivity index (χ4n) is 4.26. The Balaban J connectivity index is 1.84. The van der Waals surface area contributed by atoms with Gasteiger partial charge in [0.15, 0.2) is 5.43 Å². The number of ether oxygens (including phenoxy) is 2. The van der Waals surface area contributed by atoms with Crippen LogP contribution in [0.1, 0.15) is 73.6 Å². The first kappa shape index (κ1) is 21.6. The van der Waals surface area contributed by atoms with Gasteiger partial charge in [-0.2, -0.15) is 0 Å². The molecular formula is C24H30N2O5. The van der Waals surface area contributed by atoms with Gasteiger partial charge in [0.2, 0.25) is 0 Å². The number of carboxylic acid groups (broad SMARTS) is 1. The van der Waals surface area contributed by atoms with Crippen molar-refractivity contribution in [3.8, 4) is 17.1 Å². The molecule has 1 saturated carbocycles. The maximum Gasteiger partial charge on any atom is 0.341 e. The lowest BCUT2D eigenvalue weighted by atomic mass is 9.79. The molecule has 2 aliphatic rings. The number of fused-ring (bicyclic) bond motifs is 3. The standard InChI is InChI=1S/C24H30N2O5/c1-24(2,3)20-11-15-10-19(31-9-5-8-30-4)22(14-6-7-14)25-21(15)17-12-18(27)16(23(28)29)13-26(17)20/h10,12-14,20H,5-9,11H2,1-4H3,(H,28,29)/t20-/m0/s1. The first-order valence-electron chi connectivity index (χ1n) is 10.9. The third kappa shape index (κ3) is 4.24. The van der Waals surface area contributed by atoms with Crippen LogP contribution in [0.5, 0.6) is 5.75 Å². The molecule has 1 aliphatic carbocycles. The Morgan fingerprint density at radius 3 is 2.61 bits per heavy atom. The van der Waals surface area contributed by atoms with Crippen LogP contribution in [0.4, 0.5) is 0 Å². The zero-order valence-corrected chi connectivity index (χ0v) is 18.6. The number of aromatic carboxylic acids is 1. The summed E-state index contributed by atoms with van der Waals surface area (Å²) in [6, 6.07) is 3.51. The highest BCUT2D eigenvalue weighted by atomic mass is 16.5. The van der Waals surface area contributed by atoms with Gasteiger partial charge in [-0.1, -0.05) is 20.8 Å². The van der Waals surface area contributed by atoms with E-state index in [1.54, 1.807) is 7.11 Å². The Bertz CT molecular complexity index is 1060. The number of aromatic nitrogens is 2. The SMILES string of the molecule is COCCCOc1cc2c(nc1C1CC1)-c1cc(=O)c(C(=O)O)cn1[C@H](C(C)(C)C)C2. The molecule has 7 heteroatoms. The van der Waals surface area contributed by atoms with Gasteiger partial charge in [-0.05, 0) is 36.3 Å². The third-order valence-electron chi connectivity index (χ3n) is 6.11. The van der Waals surface area contributed by atoms with Crippen molar-refractivity contribution >= 4 is 5.97 Å². The second kappa shape index (κ2) is 8.11. The monoisotopic (exact) mass is 426 g/mol. The quantitative estimate of drug-likeness (QED) is 0.672. The van der Waals surface area contributed by atoms with Gasteiger partial charge in [0.1, 0.15) is 11.3 Å². The molecule has 3 heterocycles. The highest BCUT2D eigenvalue weighted by molar-refractivity contribution is 5.87. The fourth-order valence-corrected chi connectivity index (χ4v) is 4.26. The van der Waals surface area contributed by atoms with Gasteiger partial charge >= 0.3 is 5.97 Å². The van der Waals surface area contributed by atoms with Gasteiger partial charge in [-0.15, -0.1) is 0 Å². The molecule has 1 N–H and O–H groups in total. The Kier molecular flexibility index (Phi) is 5.64. The molecule has 0 unspecified atom stereocenters. The van der Waals surface area contributed by atoms with E-state index in [9.17, 15) is 14.7 Å². The molecule has 0 radical (unpaired) electrons. The Hall–Kier alpha value is -2.67. The van der Waals surface area contributed by atoms with E-state index in [0.717, 1.165) is 42.0 Å². The van der Waals surface area contributed by atoms with E-state index in [4.69, 9.17) is 14.5 Å². The van der Waals surface area contributed by atoms with Crippen molar-refractivity contribution in [2.24, 2.45) is 5.41 Å². The number of pyridine rings is 2. The minimum Gasteiger partial charge on any atom is -0.492 e. The molecule has 1 aliphatic heterocycles. The van der Waals surface area contributed by atoms with Crippen LogP contribution in [0.25, 0.3) is 11.4 Å². The Morgan fingerprint density at radius 2 is 2.00 bits per heavy atom. The molecule has 0 aromatic carbocycles. The van der Waals surface area contributed by atoms with Gasteiger partial charge in [0.05, 0.1) is 23.7 Å². The van der Waals surface area contributed by atoms with Crippen LogP contribution in [0.15, 0.2) is 23.1 Å². The first-order chi connectivity index (χ1) is 14.7. The van der Waals surface area contributed by atoms with Crippen LogP contribution in [-0.4, -0.2) is 41.0 Å². The smallest absolute Gasteiger partial charge is 0.341 e. The zero-order valence-electron chi connectivity index (χ0n) is 18.6. The van der Waals surface area contributed by atoms with Crippen LogP contribution in [0.3, 0.4) is 0 Å². The van der Waals surface area contributed by atoms with E-state index >= 15 is 0 Å². The minimum atomic E-state index is -1.20. The van der Waals surface area contributed by atoms with E-state index in [0.29, 0.717) is 31.2 Å². The number of hydrogen-bond donors (Lipinski definition) is 1. The summed E-state index contributed by atoms with van der Waals surface area (Å²) < 4.78 is 13.2. The van der Waals surface area contributed by atoms with Gasteiger partial charge in [-0.3, -0.25) is 4.79 Å². The van der Waals surface area contributed by atoms with Crippen LogP contribution in [0, 0.1) is 5.41 Å². The van der Waals surface area contributed by atoms with Crippen molar-refractivity contribution in [3.05, 3.63) is 45.4 Å². The van der Waals surface area contributed by atoms with Crippen LogP contribution in [-0.2, 0) is 11.2 Å². The van der Waals surface area contributed by atoms with Crippen LogP contribution in [0.2, 0.25) is 0 Å². The largest absolute Gasteiger partial charge is 0.492 e. The van der Waals surface area contributed by atoms with E-state index in [1.165, 1.54) is 12.3 Å². The molecule has 2 aromatic rings. The Labute approximate surface area is 182 Å². The number of hydrogen-bond acceptors (Lipinski definition) is 5. The summed E-state index contributed by atoms with van der Waals surface area (Å²) in [5.74, 6) is -0.00492. The number of nitrogens with zero attached hydrogens (tertiary/aromatic N) is 2. The van der Waals surface area contributed by atoms with Gasteiger partial charge in [0.25, 0.3) is 0 Å². The maximum absolute atomic E-state index is 12.5. The number of rotatable bonds is 7. The highest BCUT2D eigenvalue weighted by Crippen LogP contribution is 2.47. The molecule has 7 nitrogen and oxygen atoms in total. The summed E-state index contributed by atoms with van der Waals surface area (Å²) in [4.78, 5) is 29.1. The van der Waals surface area contributed by atoms with Crippen molar-refractivity contribution in [1.82, 2.24) is 9.55 Å². The lowest BCUT2D eigenvalue weighted by Gasteiger charge is -2.38. The maximum atomic E-state index is 12.5. The lowest BCUT2D eigenvalue weighted by molar-refractivity contribution is 0.0693. The summed E-state index contributed by atoms with van der Waals surface area (Å²) in [6.45, 7) is 7.58. The minimum absolute atomic E-state index is 0.0105. The van der Waals surface area contributed by atoms with Crippen molar-refractivity contribution in [3.63, 3.8) is 0 Å². The second-order valence-electron chi connectivity index (χ2n) is 9.58. The van der Waals surface area contributed by atoms with Crippen molar-refractivity contribution in [1.29, 1.82) is 0 Å². The van der Waals surface area contributed by atoms with Gasteiger partial charge in [0, 0.05) is 44.4 Å². The summed E-state index contributed by atoms with van der Waals surface area (Å²) in [6.07, 6.45) is 5.15. The normalized spacial score (nSPS) is 17.7. The van der Waals surface area contributed by atoms with Crippen LogP contribution < -0.4 is 10.2 Å². The lowest BCUT2D eigenvalue weighted by Crippen LogP contribution is -2.33. The predicted molar refractivity (Wildman–Crippen MR) is 117 cm³/mol. The van der Waals surface area contributed by atoms with Crippen LogP contribution >= 0.6 is 0 Å². The average molecular weight is 427 g/mol. The van der Waals surface area contributed by atoms with E-state index < -0.39 is 11.4 Å². The topological polar surface area (TPSA) is 90.7 Å². The van der Waals surface area contributed by atoms with Crippen molar-refractivity contribution < 1.29 is 19.4 Å². The molecule has 1 atom stereocenters. The van der Waals surface area contributed by atoms with Crippen molar-refractivity contribution in [2.75, 3.05) is 20.3 Å². The zero-order chi connectivity index (χ0) is 22.3. The second-order valence-corrected chi connectivity index (χ2v) is 9.58. The molecule has 0 bridgehead atoms. The molecule has 1 fully saturated rings. The van der Waals surface area contributed by atoms with E-state index in [1.807, 2.05) is 4.57 Å². The van der Waals surface area contributed by atoms with Gasteiger partial charge < -0.3 is 19.1 Å². The molecule has 4 rings (SSSR count). The van der Waals surface area contributed by atoms with E-state index in [2.05, 4.69) is 26.8 Å². The third-order valence-corrected chi connectivity index (χ3v) is 6.11. The molecule has 166 valence electrons. The molecule has 2 aromatic heterocycles. The van der Waals surface area contributed by atoms with Crippen molar-refractivity contribution in [2.45, 2.75) is 58.4 Å². The molecule has 31 heavy (non-hydrogen) atoms. The Morgan fingerprint density at radius 1 is 1.26 bits per heavy atom.